The highest BCUT2D eigenvalue weighted by Crippen LogP contribution is 2.28. The minimum Gasteiger partial charge on any atom is -0.394 e. The third-order valence-electron chi connectivity index (χ3n) is 1.78. The average Bonchev–Trinajstić information content (AvgIpc) is 2.84. The largest absolute Gasteiger partial charge is 0.394 e. The first kappa shape index (κ1) is 10.7. The van der Waals surface area contributed by atoms with Crippen LogP contribution in [-0.2, 0) is 0 Å². The molecule has 15 heavy (non-hydrogen) atoms. The van der Waals surface area contributed by atoms with E-state index in [0.717, 1.165) is 9.35 Å². The van der Waals surface area contributed by atoms with E-state index in [4.69, 9.17) is 15.4 Å². The molecule has 2 heterocycles. The van der Waals surface area contributed by atoms with Crippen LogP contribution in [0.3, 0.4) is 0 Å². The van der Waals surface area contributed by atoms with E-state index < -0.39 is 6.04 Å². The highest BCUT2D eigenvalue weighted by molar-refractivity contribution is 9.11. The van der Waals surface area contributed by atoms with Crippen LogP contribution in [0.2, 0.25) is 0 Å². The van der Waals surface area contributed by atoms with Crippen LogP contribution in [0.25, 0.3) is 11.5 Å². The number of nitrogens with two attached hydrogens (primary N) is 1. The lowest BCUT2D eigenvalue weighted by molar-refractivity contribution is 0.260. The van der Waals surface area contributed by atoms with Crippen LogP contribution in [0.15, 0.2) is 19.8 Å². The number of nitrogens with zero attached hydrogens (tertiary/aromatic N) is 2. The fourth-order valence-electron chi connectivity index (χ4n) is 1.01. The molecule has 80 valence electrons. The zero-order valence-corrected chi connectivity index (χ0v) is 9.96. The van der Waals surface area contributed by atoms with Gasteiger partial charge in [-0.3, -0.25) is 0 Å². The van der Waals surface area contributed by atoms with Crippen LogP contribution >= 0.6 is 27.3 Å². The Morgan fingerprint density at radius 2 is 2.47 bits per heavy atom. The first-order valence-corrected chi connectivity index (χ1v) is 5.82. The van der Waals surface area contributed by atoms with E-state index in [2.05, 4.69) is 26.1 Å². The normalized spacial score (nSPS) is 13.0. The summed E-state index contributed by atoms with van der Waals surface area (Å²) in [5, 5.41) is 14.4. The molecule has 0 saturated heterocycles. The number of hydrogen-bond acceptors (Lipinski definition) is 6. The summed E-state index contributed by atoms with van der Waals surface area (Å²) in [5.74, 6) is 0.727. The van der Waals surface area contributed by atoms with Gasteiger partial charge in [0.2, 0.25) is 0 Å². The highest BCUT2D eigenvalue weighted by Gasteiger charge is 2.14. The van der Waals surface area contributed by atoms with E-state index in [0.29, 0.717) is 11.7 Å². The van der Waals surface area contributed by atoms with Crippen molar-refractivity contribution in [3.05, 3.63) is 21.1 Å². The summed E-state index contributed by atoms with van der Waals surface area (Å²) in [6.07, 6.45) is 0. The number of aliphatic hydroxyl groups is 1. The van der Waals surface area contributed by atoms with Crippen molar-refractivity contribution in [3.63, 3.8) is 0 Å². The number of hydrogen-bond donors (Lipinski definition) is 2. The second kappa shape index (κ2) is 4.40. The molecule has 0 spiro atoms. The van der Waals surface area contributed by atoms with Crippen molar-refractivity contribution < 1.29 is 9.63 Å². The molecule has 0 aromatic carbocycles. The molecule has 7 heteroatoms. The Morgan fingerprint density at radius 1 is 1.67 bits per heavy atom. The lowest BCUT2D eigenvalue weighted by atomic mass is 10.3. The van der Waals surface area contributed by atoms with Gasteiger partial charge in [-0.1, -0.05) is 5.16 Å². The van der Waals surface area contributed by atoms with Crippen molar-refractivity contribution in [1.82, 2.24) is 10.1 Å². The summed E-state index contributed by atoms with van der Waals surface area (Å²) >= 11 is 4.87. The molecule has 0 aliphatic rings. The standard InChI is InChI=1S/C8H8BrN3O2S/c9-6-1-4(3-15-6)8-11-7(12-14-8)5(10)2-13/h1,3,5,13H,2,10H2. The minimum atomic E-state index is -0.593. The second-order valence-electron chi connectivity index (χ2n) is 2.89. The Morgan fingerprint density at radius 3 is 3.07 bits per heavy atom. The van der Waals surface area contributed by atoms with Crippen LogP contribution in [-0.4, -0.2) is 21.9 Å². The molecule has 1 unspecified atom stereocenters. The molecular formula is C8H8BrN3O2S. The van der Waals surface area contributed by atoms with Gasteiger partial charge < -0.3 is 15.4 Å². The number of halogens is 1. The van der Waals surface area contributed by atoms with Crippen molar-refractivity contribution in [3.8, 4) is 11.5 Å². The van der Waals surface area contributed by atoms with Crippen molar-refractivity contribution in [2.75, 3.05) is 6.61 Å². The summed E-state index contributed by atoms with van der Waals surface area (Å²) in [7, 11) is 0. The SMILES string of the molecule is NC(CO)c1noc(-c2csc(Br)c2)n1. The van der Waals surface area contributed by atoms with Gasteiger partial charge in [-0.25, -0.2) is 0 Å². The van der Waals surface area contributed by atoms with Gasteiger partial charge in [0.1, 0.15) is 0 Å². The van der Waals surface area contributed by atoms with Crippen LogP contribution < -0.4 is 5.73 Å². The molecule has 2 aromatic heterocycles. The van der Waals surface area contributed by atoms with Crippen molar-refractivity contribution in [2.24, 2.45) is 5.73 Å². The zero-order valence-electron chi connectivity index (χ0n) is 7.55. The van der Waals surface area contributed by atoms with Crippen molar-refractivity contribution >= 4 is 27.3 Å². The summed E-state index contributed by atoms with van der Waals surface area (Å²) in [4.78, 5) is 4.09. The van der Waals surface area contributed by atoms with Gasteiger partial charge in [-0.15, -0.1) is 11.3 Å². The maximum atomic E-state index is 8.82. The molecule has 2 rings (SSSR count). The molecule has 1 atom stereocenters. The molecule has 0 amide bonds. The number of aromatic nitrogens is 2. The molecule has 0 radical (unpaired) electrons. The van der Waals surface area contributed by atoms with E-state index in [9.17, 15) is 0 Å². The minimum absolute atomic E-state index is 0.202. The van der Waals surface area contributed by atoms with Crippen molar-refractivity contribution in [1.29, 1.82) is 0 Å². The van der Waals surface area contributed by atoms with Crippen LogP contribution in [0.5, 0.6) is 0 Å². The molecule has 0 aliphatic heterocycles. The van der Waals surface area contributed by atoms with Gasteiger partial charge in [0, 0.05) is 5.38 Å². The Bertz CT molecular complexity index is 456. The van der Waals surface area contributed by atoms with E-state index >= 15 is 0 Å². The lowest BCUT2D eigenvalue weighted by Crippen LogP contribution is -2.15. The quantitative estimate of drug-likeness (QED) is 0.896. The first-order chi connectivity index (χ1) is 7.20. The third-order valence-corrected chi connectivity index (χ3v) is 3.29. The molecule has 0 bridgehead atoms. The van der Waals surface area contributed by atoms with Gasteiger partial charge in [-0.05, 0) is 22.0 Å². The fourth-order valence-corrected chi connectivity index (χ4v) is 2.14. The Balaban J connectivity index is 2.27. The molecule has 2 aromatic rings. The van der Waals surface area contributed by atoms with E-state index in [1.807, 2.05) is 11.4 Å². The van der Waals surface area contributed by atoms with Gasteiger partial charge in [-0.2, -0.15) is 4.98 Å². The topological polar surface area (TPSA) is 85.2 Å². The van der Waals surface area contributed by atoms with E-state index in [-0.39, 0.29) is 6.61 Å². The number of rotatable bonds is 3. The molecule has 3 N–H and O–H groups in total. The molecule has 0 aliphatic carbocycles. The predicted molar refractivity (Wildman–Crippen MR) is 59.3 cm³/mol. The van der Waals surface area contributed by atoms with Gasteiger partial charge >= 0.3 is 0 Å². The lowest BCUT2D eigenvalue weighted by Gasteiger charge is -1.98. The monoisotopic (exact) mass is 289 g/mol. The smallest absolute Gasteiger partial charge is 0.258 e. The Kier molecular flexibility index (Phi) is 3.15. The Hall–Kier alpha value is -0.760. The van der Waals surface area contributed by atoms with Gasteiger partial charge in [0.05, 0.1) is 22.0 Å². The van der Waals surface area contributed by atoms with Crippen LogP contribution in [0.4, 0.5) is 0 Å². The molecular weight excluding hydrogens is 282 g/mol. The summed E-state index contributed by atoms with van der Waals surface area (Å²) in [6, 6.07) is 1.29. The number of thiophene rings is 1. The van der Waals surface area contributed by atoms with Gasteiger partial charge in [0.25, 0.3) is 5.89 Å². The number of aliphatic hydroxyl groups excluding tert-OH is 1. The average molecular weight is 290 g/mol. The fraction of sp³-hybridized carbons (Fsp3) is 0.250. The van der Waals surface area contributed by atoms with E-state index in [1.165, 1.54) is 11.3 Å². The van der Waals surface area contributed by atoms with Crippen molar-refractivity contribution in [2.45, 2.75) is 6.04 Å². The predicted octanol–water partition coefficient (Wildman–Crippen LogP) is 1.55. The summed E-state index contributed by atoms with van der Waals surface area (Å²) in [6.45, 7) is -0.202. The van der Waals surface area contributed by atoms with Gasteiger partial charge in [0.15, 0.2) is 5.82 Å². The van der Waals surface area contributed by atoms with E-state index in [1.54, 1.807) is 0 Å². The van der Waals surface area contributed by atoms with Crippen LogP contribution in [0, 0.1) is 0 Å². The Labute approximate surface area is 98.0 Å². The second-order valence-corrected chi connectivity index (χ2v) is 5.18. The molecule has 5 nitrogen and oxygen atoms in total. The first-order valence-electron chi connectivity index (χ1n) is 4.15. The molecule has 0 fully saturated rings. The summed E-state index contributed by atoms with van der Waals surface area (Å²) < 4.78 is 6.01. The third kappa shape index (κ3) is 2.25. The van der Waals surface area contributed by atoms with Crippen LogP contribution in [0.1, 0.15) is 11.9 Å². The maximum absolute atomic E-state index is 8.82. The highest BCUT2D eigenvalue weighted by atomic mass is 79.9. The maximum Gasteiger partial charge on any atom is 0.258 e. The zero-order chi connectivity index (χ0) is 10.8. The summed E-state index contributed by atoms with van der Waals surface area (Å²) in [5.41, 5.74) is 6.39. The molecule has 0 saturated carbocycles.